The molecule has 0 saturated heterocycles. The molecule has 0 aliphatic rings. The number of para-hydroxylation sites is 1. The van der Waals surface area contributed by atoms with Gasteiger partial charge in [-0.15, -0.1) is 5.10 Å². The van der Waals surface area contributed by atoms with Crippen molar-refractivity contribution in [2.45, 2.75) is 11.8 Å². The Labute approximate surface area is 92.8 Å². The zero-order chi connectivity index (χ0) is 11.8. The molecule has 0 spiro atoms. The molecule has 0 aliphatic heterocycles. The Morgan fingerprint density at radius 1 is 1.25 bits per heavy atom. The molecule has 1 heterocycles. The Morgan fingerprint density at radius 2 is 1.94 bits per heavy atom. The second-order valence-electron chi connectivity index (χ2n) is 3.38. The van der Waals surface area contributed by atoms with Crippen molar-refractivity contribution in [3.63, 3.8) is 0 Å². The van der Waals surface area contributed by atoms with Crippen molar-refractivity contribution in [1.82, 2.24) is 20.2 Å². The molecular formula is C9H10N4O2S. The number of benzene rings is 1. The second kappa shape index (κ2) is 3.67. The van der Waals surface area contributed by atoms with Crippen LogP contribution in [0.1, 0.15) is 5.82 Å². The average Bonchev–Trinajstić information content (AvgIpc) is 2.63. The van der Waals surface area contributed by atoms with Crippen molar-refractivity contribution in [3.05, 3.63) is 30.1 Å². The van der Waals surface area contributed by atoms with E-state index >= 15 is 0 Å². The molecule has 0 bridgehead atoms. The largest absolute Gasteiger partial charge is 0.224 e. The van der Waals surface area contributed by atoms with Gasteiger partial charge < -0.3 is 0 Å². The molecule has 0 radical (unpaired) electrons. The number of aromatic nitrogens is 4. The number of rotatable bonds is 2. The standard InChI is InChI=1S/C9H10N4O2S/c1-7-10-11-12-13(7)8-5-3-4-6-9(8)16(2,14)15/h3-6H,1-2H3. The van der Waals surface area contributed by atoms with Crippen LogP contribution in [-0.2, 0) is 9.84 Å². The van der Waals surface area contributed by atoms with Crippen molar-refractivity contribution in [2.75, 3.05) is 6.26 Å². The number of tetrazole rings is 1. The molecule has 7 heteroatoms. The highest BCUT2D eigenvalue weighted by molar-refractivity contribution is 7.90. The van der Waals surface area contributed by atoms with E-state index in [2.05, 4.69) is 15.5 Å². The summed E-state index contributed by atoms with van der Waals surface area (Å²) in [6.45, 7) is 1.71. The highest BCUT2D eigenvalue weighted by atomic mass is 32.2. The van der Waals surface area contributed by atoms with Gasteiger partial charge in [0.1, 0.15) is 0 Å². The van der Waals surface area contributed by atoms with Gasteiger partial charge in [0.2, 0.25) is 0 Å². The van der Waals surface area contributed by atoms with Gasteiger partial charge in [0, 0.05) is 6.26 Å². The van der Waals surface area contributed by atoms with Crippen LogP contribution in [0.5, 0.6) is 0 Å². The number of nitrogens with zero attached hydrogens (tertiary/aromatic N) is 4. The van der Waals surface area contributed by atoms with Crippen LogP contribution in [0, 0.1) is 6.92 Å². The van der Waals surface area contributed by atoms with Crippen molar-refractivity contribution in [2.24, 2.45) is 0 Å². The minimum Gasteiger partial charge on any atom is -0.224 e. The molecule has 0 fully saturated rings. The van der Waals surface area contributed by atoms with Crippen molar-refractivity contribution in [1.29, 1.82) is 0 Å². The Morgan fingerprint density at radius 3 is 2.50 bits per heavy atom. The molecule has 16 heavy (non-hydrogen) atoms. The van der Waals surface area contributed by atoms with Crippen LogP contribution in [0.4, 0.5) is 0 Å². The molecule has 2 aromatic rings. The lowest BCUT2D eigenvalue weighted by Crippen LogP contribution is -2.07. The fourth-order valence-corrected chi connectivity index (χ4v) is 2.26. The smallest absolute Gasteiger partial charge is 0.177 e. The molecule has 0 saturated carbocycles. The molecule has 0 atom stereocenters. The molecule has 1 aromatic carbocycles. The third-order valence-electron chi connectivity index (χ3n) is 2.12. The van der Waals surface area contributed by atoms with Gasteiger partial charge >= 0.3 is 0 Å². The minimum absolute atomic E-state index is 0.213. The Balaban J connectivity index is 2.72. The summed E-state index contributed by atoms with van der Waals surface area (Å²) in [5.74, 6) is 0.538. The SMILES string of the molecule is Cc1nnnn1-c1ccccc1S(C)(=O)=O. The maximum Gasteiger partial charge on any atom is 0.177 e. The van der Waals surface area contributed by atoms with Gasteiger partial charge in [-0.25, -0.2) is 8.42 Å². The highest BCUT2D eigenvalue weighted by Gasteiger charge is 2.15. The van der Waals surface area contributed by atoms with E-state index in [1.165, 1.54) is 10.7 Å². The van der Waals surface area contributed by atoms with E-state index in [1.807, 2.05) is 0 Å². The molecule has 6 nitrogen and oxygen atoms in total. The lowest BCUT2D eigenvalue weighted by Gasteiger charge is -2.07. The molecule has 0 amide bonds. The molecule has 0 aliphatic carbocycles. The summed E-state index contributed by atoms with van der Waals surface area (Å²) >= 11 is 0. The van der Waals surface area contributed by atoms with Crippen molar-refractivity contribution in [3.8, 4) is 5.69 Å². The summed E-state index contributed by atoms with van der Waals surface area (Å²) < 4.78 is 24.6. The lowest BCUT2D eigenvalue weighted by atomic mass is 10.3. The summed E-state index contributed by atoms with van der Waals surface area (Å²) in [5, 5.41) is 11.0. The zero-order valence-corrected chi connectivity index (χ0v) is 9.64. The van der Waals surface area contributed by atoms with Crippen LogP contribution in [0.2, 0.25) is 0 Å². The highest BCUT2D eigenvalue weighted by Crippen LogP contribution is 2.19. The van der Waals surface area contributed by atoms with Gasteiger partial charge in [-0.05, 0) is 29.5 Å². The number of hydrogen-bond donors (Lipinski definition) is 0. The van der Waals surface area contributed by atoms with E-state index in [4.69, 9.17) is 0 Å². The molecule has 0 unspecified atom stereocenters. The minimum atomic E-state index is -3.29. The van der Waals surface area contributed by atoms with E-state index in [-0.39, 0.29) is 4.90 Å². The predicted octanol–water partition coefficient (Wildman–Crippen LogP) is 0.374. The quantitative estimate of drug-likeness (QED) is 0.755. The van der Waals surface area contributed by atoms with Gasteiger partial charge in [-0.1, -0.05) is 12.1 Å². The first-order valence-electron chi connectivity index (χ1n) is 4.54. The first-order chi connectivity index (χ1) is 7.50. The molecular weight excluding hydrogens is 228 g/mol. The van der Waals surface area contributed by atoms with Gasteiger partial charge in [-0.3, -0.25) is 0 Å². The van der Waals surface area contributed by atoms with E-state index in [0.717, 1.165) is 6.26 Å². The topological polar surface area (TPSA) is 77.7 Å². The van der Waals surface area contributed by atoms with Crippen LogP contribution < -0.4 is 0 Å². The number of hydrogen-bond acceptors (Lipinski definition) is 5. The zero-order valence-electron chi connectivity index (χ0n) is 8.82. The summed E-state index contributed by atoms with van der Waals surface area (Å²) in [4.78, 5) is 0.213. The maximum atomic E-state index is 11.6. The first kappa shape index (κ1) is 10.7. The third-order valence-corrected chi connectivity index (χ3v) is 3.26. The predicted molar refractivity (Wildman–Crippen MR) is 57.0 cm³/mol. The number of sulfone groups is 1. The first-order valence-corrected chi connectivity index (χ1v) is 6.44. The summed E-state index contributed by atoms with van der Waals surface area (Å²) in [6.07, 6.45) is 1.16. The summed E-state index contributed by atoms with van der Waals surface area (Å²) in [5.41, 5.74) is 0.465. The van der Waals surface area contributed by atoms with Gasteiger partial charge in [-0.2, -0.15) is 4.68 Å². The van der Waals surface area contributed by atoms with Crippen molar-refractivity contribution < 1.29 is 8.42 Å². The molecule has 84 valence electrons. The van der Waals surface area contributed by atoms with Crippen LogP contribution in [0.15, 0.2) is 29.2 Å². The van der Waals surface area contributed by atoms with E-state index in [0.29, 0.717) is 11.5 Å². The molecule has 1 aromatic heterocycles. The van der Waals surface area contributed by atoms with Crippen LogP contribution in [0.25, 0.3) is 5.69 Å². The fraction of sp³-hybridized carbons (Fsp3) is 0.222. The average molecular weight is 238 g/mol. The van der Waals surface area contributed by atoms with Gasteiger partial charge in [0.25, 0.3) is 0 Å². The van der Waals surface area contributed by atoms with E-state index in [9.17, 15) is 8.42 Å². The van der Waals surface area contributed by atoms with Crippen LogP contribution in [0.3, 0.4) is 0 Å². The Bertz CT molecular complexity index is 618. The maximum absolute atomic E-state index is 11.6. The van der Waals surface area contributed by atoms with E-state index < -0.39 is 9.84 Å². The van der Waals surface area contributed by atoms with Crippen LogP contribution in [-0.4, -0.2) is 34.9 Å². The van der Waals surface area contributed by atoms with Crippen molar-refractivity contribution >= 4 is 9.84 Å². The molecule has 0 N–H and O–H groups in total. The Hall–Kier alpha value is -1.76. The van der Waals surface area contributed by atoms with Gasteiger partial charge in [0.05, 0.1) is 10.6 Å². The normalized spacial score (nSPS) is 11.6. The number of aryl methyl sites for hydroxylation is 1. The van der Waals surface area contributed by atoms with Crippen LogP contribution >= 0.6 is 0 Å². The lowest BCUT2D eigenvalue weighted by molar-refractivity contribution is 0.600. The van der Waals surface area contributed by atoms with E-state index in [1.54, 1.807) is 25.1 Å². The Kier molecular flexibility index (Phi) is 2.47. The third kappa shape index (κ3) is 1.81. The molecule has 2 rings (SSSR count). The van der Waals surface area contributed by atoms with Gasteiger partial charge in [0.15, 0.2) is 15.7 Å². The fourth-order valence-electron chi connectivity index (χ4n) is 1.40. The summed E-state index contributed by atoms with van der Waals surface area (Å²) in [7, 11) is -3.29. The monoisotopic (exact) mass is 238 g/mol. The summed E-state index contributed by atoms with van der Waals surface area (Å²) in [6, 6.07) is 6.61. The second-order valence-corrected chi connectivity index (χ2v) is 5.36.